The molecular formula is C24H23N5O. The molecule has 0 atom stereocenters. The Morgan fingerprint density at radius 3 is 2.17 bits per heavy atom. The first kappa shape index (κ1) is 19.4. The number of urea groups is 1. The van der Waals surface area contributed by atoms with Crippen LogP contribution in [0.15, 0.2) is 91.1 Å². The maximum atomic E-state index is 12.7. The zero-order valence-corrected chi connectivity index (χ0v) is 16.7. The fraction of sp³-hybridized carbons (Fsp3) is 0.125. The van der Waals surface area contributed by atoms with Gasteiger partial charge < -0.3 is 10.6 Å². The molecule has 2 aromatic carbocycles. The number of hydrogen-bond donors (Lipinski definition) is 2. The Morgan fingerprint density at radius 1 is 0.933 bits per heavy atom. The van der Waals surface area contributed by atoms with Crippen molar-refractivity contribution in [2.24, 2.45) is 7.05 Å². The van der Waals surface area contributed by atoms with E-state index in [1.165, 1.54) is 0 Å². The minimum Gasteiger partial charge on any atom is -0.332 e. The Hall–Kier alpha value is -3.93. The highest BCUT2D eigenvalue weighted by molar-refractivity contribution is 5.75. The summed E-state index contributed by atoms with van der Waals surface area (Å²) in [6, 6.07) is 27.1. The first-order chi connectivity index (χ1) is 14.7. The number of hydrogen-bond acceptors (Lipinski definition) is 3. The van der Waals surface area contributed by atoms with Crippen molar-refractivity contribution in [1.29, 1.82) is 0 Å². The van der Waals surface area contributed by atoms with Crippen LogP contribution in [0.3, 0.4) is 0 Å². The lowest BCUT2D eigenvalue weighted by Crippen LogP contribution is -2.38. The van der Waals surface area contributed by atoms with Gasteiger partial charge in [-0.15, -0.1) is 0 Å². The van der Waals surface area contributed by atoms with Gasteiger partial charge in [-0.2, -0.15) is 5.10 Å². The van der Waals surface area contributed by atoms with Crippen molar-refractivity contribution in [3.8, 4) is 11.4 Å². The third-order valence-electron chi connectivity index (χ3n) is 4.83. The van der Waals surface area contributed by atoms with Crippen LogP contribution in [0, 0.1) is 0 Å². The summed E-state index contributed by atoms with van der Waals surface area (Å²) < 4.78 is 1.77. The van der Waals surface area contributed by atoms with Crippen LogP contribution in [-0.4, -0.2) is 20.8 Å². The molecular weight excluding hydrogens is 374 g/mol. The molecule has 4 aromatic rings. The number of carbonyl (C=O) groups is 1. The summed E-state index contributed by atoms with van der Waals surface area (Å²) in [6.45, 7) is 0.322. The molecule has 2 amide bonds. The number of nitrogens with one attached hydrogen (secondary N) is 2. The minimum absolute atomic E-state index is 0.236. The molecule has 0 saturated carbocycles. The Bertz CT molecular complexity index is 1050. The van der Waals surface area contributed by atoms with E-state index in [2.05, 4.69) is 20.7 Å². The van der Waals surface area contributed by atoms with E-state index in [0.29, 0.717) is 6.54 Å². The monoisotopic (exact) mass is 397 g/mol. The summed E-state index contributed by atoms with van der Waals surface area (Å²) in [7, 11) is 1.87. The maximum absolute atomic E-state index is 12.7. The molecule has 4 rings (SSSR count). The van der Waals surface area contributed by atoms with Crippen LogP contribution in [0.25, 0.3) is 11.4 Å². The lowest BCUT2D eigenvalue weighted by molar-refractivity contribution is 0.238. The van der Waals surface area contributed by atoms with E-state index < -0.39 is 0 Å². The Kier molecular flexibility index (Phi) is 5.85. The number of carbonyl (C=O) groups excluding carboxylic acids is 1. The Balaban J connectivity index is 1.45. The zero-order valence-electron chi connectivity index (χ0n) is 16.7. The number of pyridine rings is 1. The number of amides is 2. The molecule has 0 radical (unpaired) electrons. The lowest BCUT2D eigenvalue weighted by atomic mass is 9.99. The first-order valence-corrected chi connectivity index (χ1v) is 9.79. The number of nitrogens with zero attached hydrogens (tertiary/aromatic N) is 3. The predicted octanol–water partition coefficient (Wildman–Crippen LogP) is 4.07. The van der Waals surface area contributed by atoms with E-state index >= 15 is 0 Å². The van der Waals surface area contributed by atoms with Gasteiger partial charge in [0.1, 0.15) is 0 Å². The molecule has 0 unspecified atom stereocenters. The fourth-order valence-electron chi connectivity index (χ4n) is 3.37. The van der Waals surface area contributed by atoms with Crippen molar-refractivity contribution in [3.63, 3.8) is 0 Å². The van der Waals surface area contributed by atoms with Gasteiger partial charge in [-0.25, -0.2) is 4.79 Å². The number of aryl methyl sites for hydroxylation is 1. The van der Waals surface area contributed by atoms with E-state index in [1.54, 1.807) is 10.9 Å². The Morgan fingerprint density at radius 2 is 1.57 bits per heavy atom. The van der Waals surface area contributed by atoms with Gasteiger partial charge in [0.2, 0.25) is 0 Å². The largest absolute Gasteiger partial charge is 0.332 e. The normalized spacial score (nSPS) is 10.7. The van der Waals surface area contributed by atoms with Crippen LogP contribution < -0.4 is 10.6 Å². The predicted molar refractivity (Wildman–Crippen MR) is 117 cm³/mol. The van der Waals surface area contributed by atoms with Gasteiger partial charge in [-0.05, 0) is 29.3 Å². The van der Waals surface area contributed by atoms with Crippen LogP contribution in [0.1, 0.15) is 22.9 Å². The van der Waals surface area contributed by atoms with E-state index in [4.69, 9.17) is 0 Å². The molecule has 0 fully saturated rings. The molecule has 0 spiro atoms. The molecule has 0 aliphatic heterocycles. The molecule has 2 heterocycles. The molecule has 2 N–H and O–H groups in total. The van der Waals surface area contributed by atoms with Gasteiger partial charge in [-0.1, -0.05) is 66.7 Å². The molecule has 150 valence electrons. The number of benzene rings is 2. The van der Waals surface area contributed by atoms with Crippen molar-refractivity contribution in [2.75, 3.05) is 0 Å². The van der Waals surface area contributed by atoms with Gasteiger partial charge in [0.05, 0.1) is 29.7 Å². The van der Waals surface area contributed by atoms with Crippen molar-refractivity contribution >= 4 is 6.03 Å². The third kappa shape index (κ3) is 4.55. The highest BCUT2D eigenvalue weighted by Gasteiger charge is 2.17. The van der Waals surface area contributed by atoms with Crippen molar-refractivity contribution < 1.29 is 4.79 Å². The quantitative estimate of drug-likeness (QED) is 0.515. The second-order valence-electron chi connectivity index (χ2n) is 6.94. The highest BCUT2D eigenvalue weighted by atomic mass is 16.2. The van der Waals surface area contributed by atoms with E-state index in [1.807, 2.05) is 92.0 Å². The molecule has 0 aliphatic carbocycles. The molecule has 2 aromatic heterocycles. The summed E-state index contributed by atoms with van der Waals surface area (Å²) in [5, 5.41) is 10.5. The average molecular weight is 397 g/mol. The smallest absolute Gasteiger partial charge is 0.315 e. The van der Waals surface area contributed by atoms with Gasteiger partial charge in [0.25, 0.3) is 0 Å². The second-order valence-corrected chi connectivity index (χ2v) is 6.94. The third-order valence-corrected chi connectivity index (χ3v) is 4.83. The summed E-state index contributed by atoms with van der Waals surface area (Å²) >= 11 is 0. The van der Waals surface area contributed by atoms with E-state index in [0.717, 1.165) is 28.2 Å². The molecule has 6 nitrogen and oxygen atoms in total. The topological polar surface area (TPSA) is 71.8 Å². The zero-order chi connectivity index (χ0) is 20.8. The summed E-state index contributed by atoms with van der Waals surface area (Å²) in [5.41, 5.74) is 4.56. The number of aromatic nitrogens is 3. The summed E-state index contributed by atoms with van der Waals surface area (Å²) in [6.07, 6.45) is 1.75. The van der Waals surface area contributed by atoms with Gasteiger partial charge in [-0.3, -0.25) is 9.67 Å². The molecule has 0 saturated heterocycles. The summed E-state index contributed by atoms with van der Waals surface area (Å²) in [4.78, 5) is 17.0. The van der Waals surface area contributed by atoms with Gasteiger partial charge in [0, 0.05) is 13.2 Å². The van der Waals surface area contributed by atoms with E-state index in [9.17, 15) is 4.79 Å². The average Bonchev–Trinajstić information content (AvgIpc) is 3.18. The Labute approximate surface area is 175 Å². The van der Waals surface area contributed by atoms with Crippen LogP contribution in [0.4, 0.5) is 4.79 Å². The SMILES string of the molecule is Cn1nc(CNC(=O)NC(c2ccccc2)c2ccccc2)cc1-c1ccccn1. The first-order valence-electron chi connectivity index (χ1n) is 9.79. The number of rotatable bonds is 6. The van der Waals surface area contributed by atoms with Crippen molar-refractivity contribution in [3.05, 3.63) is 108 Å². The van der Waals surface area contributed by atoms with Crippen molar-refractivity contribution in [2.45, 2.75) is 12.6 Å². The lowest BCUT2D eigenvalue weighted by Gasteiger charge is -2.20. The summed E-state index contributed by atoms with van der Waals surface area (Å²) in [5.74, 6) is 0. The van der Waals surface area contributed by atoms with Gasteiger partial charge in [0.15, 0.2) is 0 Å². The van der Waals surface area contributed by atoms with E-state index in [-0.39, 0.29) is 12.1 Å². The molecule has 0 aliphatic rings. The maximum Gasteiger partial charge on any atom is 0.315 e. The minimum atomic E-state index is -0.252. The molecule has 30 heavy (non-hydrogen) atoms. The molecule has 0 bridgehead atoms. The van der Waals surface area contributed by atoms with Crippen LogP contribution in [-0.2, 0) is 13.6 Å². The molecule has 6 heteroatoms. The van der Waals surface area contributed by atoms with Crippen molar-refractivity contribution in [1.82, 2.24) is 25.4 Å². The van der Waals surface area contributed by atoms with Crippen LogP contribution in [0.2, 0.25) is 0 Å². The standard InChI is InChI=1S/C24H23N5O/c1-29-22(21-14-8-9-15-25-21)16-20(28-29)17-26-24(30)27-23(18-10-4-2-5-11-18)19-12-6-3-7-13-19/h2-16,23H,17H2,1H3,(H2,26,27,30). The van der Waals surface area contributed by atoms with Crippen LogP contribution >= 0.6 is 0 Å². The van der Waals surface area contributed by atoms with Gasteiger partial charge >= 0.3 is 6.03 Å². The van der Waals surface area contributed by atoms with Crippen LogP contribution in [0.5, 0.6) is 0 Å². The highest BCUT2D eigenvalue weighted by Crippen LogP contribution is 2.21. The second kappa shape index (κ2) is 9.05. The fourth-order valence-corrected chi connectivity index (χ4v) is 3.37.